The molecule has 3 N–H and O–H groups in total. The summed E-state index contributed by atoms with van der Waals surface area (Å²) in [5, 5.41) is 29.9. The van der Waals surface area contributed by atoms with Crippen molar-refractivity contribution in [3.05, 3.63) is 257 Å². The highest BCUT2D eigenvalue weighted by molar-refractivity contribution is 5.84. The van der Waals surface area contributed by atoms with Gasteiger partial charge < -0.3 is 43.7 Å². The van der Waals surface area contributed by atoms with Gasteiger partial charge in [-0.05, 0) is 284 Å². The van der Waals surface area contributed by atoms with Crippen LogP contribution < -0.4 is 9.47 Å². The van der Waals surface area contributed by atoms with Crippen molar-refractivity contribution in [2.24, 2.45) is 16.2 Å². The number of benzene rings is 9. The van der Waals surface area contributed by atoms with E-state index in [1.54, 1.807) is 43.5 Å². The smallest absolute Gasteiger partial charge is 0.312 e. The molecule has 12 nitrogen and oxygen atoms in total. The molecular weight excluding hydrogens is 1550 g/mol. The average molecular weight is 1740 g/mol. The molecule has 0 heterocycles. The van der Waals surface area contributed by atoms with Crippen LogP contribution in [0.2, 0.25) is 0 Å². The van der Waals surface area contributed by atoms with Gasteiger partial charge in [-0.1, -0.05) is 332 Å². The van der Waals surface area contributed by atoms with E-state index in [4.69, 9.17) is 33.5 Å². The van der Waals surface area contributed by atoms with Gasteiger partial charge >= 0.3 is 17.9 Å². The molecule has 0 spiro atoms. The number of phenolic OH excluding ortho intramolecular Hbond substituents is 3. The van der Waals surface area contributed by atoms with Gasteiger partial charge in [-0.3, -0.25) is 14.4 Å². The fourth-order valence-corrected chi connectivity index (χ4v) is 11.2. The van der Waals surface area contributed by atoms with Crippen LogP contribution in [0.15, 0.2) is 212 Å². The molecule has 125 heavy (non-hydrogen) atoms. The van der Waals surface area contributed by atoms with Crippen LogP contribution in [-0.4, -0.2) is 53.2 Å². The van der Waals surface area contributed by atoms with Gasteiger partial charge in [0.1, 0.15) is 47.1 Å². The van der Waals surface area contributed by atoms with Gasteiger partial charge in [0.15, 0.2) is 6.29 Å². The first-order valence-corrected chi connectivity index (χ1v) is 40.4. The second kappa shape index (κ2) is 70.7. The maximum Gasteiger partial charge on any atom is 0.312 e. The second-order valence-electron chi connectivity index (χ2n) is 31.0. The highest BCUT2D eigenvalue weighted by Gasteiger charge is 2.33. The van der Waals surface area contributed by atoms with Gasteiger partial charge in [0.2, 0.25) is 0 Å². The molecule has 12 heteroatoms. The summed E-state index contributed by atoms with van der Waals surface area (Å²) in [6.07, 6.45) is 9.31. The highest BCUT2D eigenvalue weighted by atomic mass is 16.7. The summed E-state index contributed by atoms with van der Waals surface area (Å²) in [6.45, 7) is 43.5. The fourth-order valence-electron chi connectivity index (χ4n) is 11.2. The van der Waals surface area contributed by atoms with Gasteiger partial charge in [0.25, 0.3) is 0 Å². The molecule has 0 radical (unpaired) electrons. The summed E-state index contributed by atoms with van der Waals surface area (Å²) in [6, 6.07) is 69.2. The Morgan fingerprint density at radius 2 is 0.696 bits per heavy atom. The number of hydrogen-bond acceptors (Lipinski definition) is 12. The van der Waals surface area contributed by atoms with E-state index in [-0.39, 0.29) is 146 Å². The van der Waals surface area contributed by atoms with Gasteiger partial charge in [-0.25, -0.2) is 0 Å². The van der Waals surface area contributed by atoms with Crippen molar-refractivity contribution in [2.75, 3.05) is 13.7 Å². The third kappa shape index (κ3) is 47.1. The van der Waals surface area contributed by atoms with Crippen molar-refractivity contribution >= 4 is 28.7 Å². The molecule has 0 bridgehead atoms. The number of aromatic hydroxyl groups is 3. The lowest BCUT2D eigenvalue weighted by Crippen LogP contribution is -2.28. The maximum absolute atomic E-state index is 12.3. The van der Waals surface area contributed by atoms with E-state index in [1.807, 2.05) is 205 Å². The number of methoxy groups -OCH3 is 1. The van der Waals surface area contributed by atoms with E-state index in [0.717, 1.165) is 96.9 Å². The fraction of sp³-hybridized carbons (Fsp3) is 0.513. The summed E-state index contributed by atoms with van der Waals surface area (Å²) in [5.41, 5.74) is 11.0. The first kappa shape index (κ1) is 139. The molecule has 10 rings (SSSR count). The van der Waals surface area contributed by atoms with Gasteiger partial charge in [-0.15, -0.1) is 0 Å². The number of ether oxygens (including phenoxy) is 6. The summed E-state index contributed by atoms with van der Waals surface area (Å²) in [5.74, 6) is 4.77. The molecular formula is C113H190O12. The Labute approximate surface area is 770 Å². The second-order valence-corrected chi connectivity index (χ2v) is 31.0. The van der Waals surface area contributed by atoms with E-state index < -0.39 is 16.2 Å². The van der Waals surface area contributed by atoms with E-state index in [0.29, 0.717) is 47.5 Å². The largest absolute Gasteiger partial charge is 0.508 e. The van der Waals surface area contributed by atoms with Gasteiger partial charge in [0.05, 0.1) is 23.4 Å². The monoisotopic (exact) mass is 1740 g/mol. The number of carbonyl (C=O) groups excluding carboxylic acids is 3. The van der Waals surface area contributed by atoms with Crippen LogP contribution in [-0.2, 0) is 39.8 Å². The van der Waals surface area contributed by atoms with Gasteiger partial charge in [0, 0.05) is 6.61 Å². The Morgan fingerprint density at radius 1 is 0.368 bits per heavy atom. The lowest BCUT2D eigenvalue weighted by molar-refractivity contribution is -0.161. The molecule has 0 saturated carbocycles. The first-order valence-electron chi connectivity index (χ1n) is 40.4. The molecule has 8 unspecified atom stereocenters. The molecule has 8 atom stereocenters. The number of phenols is 3. The summed E-state index contributed by atoms with van der Waals surface area (Å²) in [4.78, 5) is 36.0. The SMILES string of the molecule is C.C.C.C.C.C.C.C.C.C.C.C.C.C.CCC(C)(C)C(=O)OC(C)c1ccccc1.CCC(C)(C)C(=O)OC(C)c1ccccc1.CCC(C)(C)C(=O)OC1CCCc2cc(OC)ccc21.CCC(C)c1ccc(-c2ccc(O)cc2)cc1.CCC(C)c1ccc(O)cc1.CCC(C)c1ccc2cc(O)ccc2c1.CCOC(C)Oc1ccc(C(C)CC)cc1. The molecule has 0 amide bonds. The summed E-state index contributed by atoms with van der Waals surface area (Å²) in [7, 11) is 1.67. The number of aryl methyl sites for hydroxylation is 1. The minimum atomic E-state index is -0.413. The molecule has 0 fully saturated rings. The normalized spacial score (nSPS) is 12.5. The lowest BCUT2D eigenvalue weighted by atomic mass is 9.87. The van der Waals surface area contributed by atoms with E-state index in [1.165, 1.54) is 45.2 Å². The van der Waals surface area contributed by atoms with Crippen molar-refractivity contribution in [1.29, 1.82) is 0 Å². The minimum absolute atomic E-state index is 0. The van der Waals surface area contributed by atoms with Gasteiger partial charge in [-0.2, -0.15) is 0 Å². The van der Waals surface area contributed by atoms with E-state index in [2.05, 4.69) is 116 Å². The van der Waals surface area contributed by atoms with Crippen LogP contribution in [0.1, 0.15) is 394 Å². The maximum atomic E-state index is 12.3. The number of rotatable bonds is 25. The topological polar surface area (TPSA) is 167 Å². The number of hydrogen-bond donors (Lipinski definition) is 3. The van der Waals surface area contributed by atoms with Crippen molar-refractivity contribution in [3.8, 4) is 39.9 Å². The van der Waals surface area contributed by atoms with Crippen LogP contribution in [0, 0.1) is 16.2 Å². The zero-order valence-electron chi connectivity index (χ0n) is 71.1. The minimum Gasteiger partial charge on any atom is -0.508 e. The lowest BCUT2D eigenvalue weighted by Gasteiger charge is -2.29. The Bertz CT molecular complexity index is 4040. The van der Waals surface area contributed by atoms with Crippen LogP contribution in [0.5, 0.6) is 28.7 Å². The summed E-state index contributed by atoms with van der Waals surface area (Å²) < 4.78 is 32.9. The molecule has 9 aromatic carbocycles. The average Bonchev–Trinajstić information content (AvgIpc) is 0.814. The molecule has 0 saturated heterocycles. The number of fused-ring (bicyclic) bond motifs is 2. The van der Waals surface area contributed by atoms with E-state index in [9.17, 15) is 24.6 Å². The zero-order chi connectivity index (χ0) is 82.4. The third-order valence-electron chi connectivity index (χ3n) is 21.4. The molecule has 0 aliphatic heterocycles. The standard InChI is InChI=1S/C17H24O3.C16H18O.2C14H20O2.C14H22O2.C14H16O.C10H14O.14CH4/c1-5-17(2,3)16(18)20-15-8-6-7-12-11-13(19-4)9-10-14(12)15;1-3-12(2)13-4-6-14(7-5-13)15-8-10-16(17)11-9-15;2*1-5-14(3,4)13(15)16-11(2)12-9-7-6-8-10-12;1-5-11(3)13-7-9-14(10-8-13)16-12(4)15-6-2;1-3-10(2)11-4-5-13-9-14(15)7-6-12(13)8-11;1-3-8(2)9-4-6-10(11)7-5-9;;;;;;;;;;;;;;/h9-11,15H,5-8H2,1-4H3;4-12,17H,3H2,1-2H3;2*6-11H,5H2,1-4H3;7-12H,5-6H2,1-4H3;4-10,15H,3H2,1-2H3;4-8,11H,3H2,1-2H3;14*1H4. The Morgan fingerprint density at radius 3 is 1.08 bits per heavy atom. The predicted octanol–water partition coefficient (Wildman–Crippen LogP) is 35.9. The quantitative estimate of drug-likeness (QED) is 0.0282. The van der Waals surface area contributed by atoms with Crippen molar-refractivity contribution in [2.45, 2.75) is 362 Å². The van der Waals surface area contributed by atoms with E-state index >= 15 is 0 Å². The van der Waals surface area contributed by atoms with Crippen molar-refractivity contribution in [3.63, 3.8) is 0 Å². The summed E-state index contributed by atoms with van der Waals surface area (Å²) >= 11 is 0. The Hall–Kier alpha value is -9.39. The van der Waals surface area contributed by atoms with Crippen LogP contribution >= 0.6 is 0 Å². The number of esters is 3. The predicted molar refractivity (Wildman–Crippen MR) is 553 cm³/mol. The highest BCUT2D eigenvalue weighted by Crippen LogP contribution is 2.38. The van der Waals surface area contributed by atoms with Crippen LogP contribution in [0.4, 0.5) is 0 Å². The van der Waals surface area contributed by atoms with Crippen LogP contribution in [0.25, 0.3) is 21.9 Å². The van der Waals surface area contributed by atoms with Crippen molar-refractivity contribution in [1.82, 2.24) is 0 Å². The molecule has 1 aliphatic carbocycles. The van der Waals surface area contributed by atoms with Crippen molar-refractivity contribution < 1.29 is 58.1 Å². The molecule has 0 aromatic heterocycles. The first-order chi connectivity index (χ1) is 52.7. The molecule has 9 aromatic rings. The Kier molecular flexibility index (Phi) is 78.5. The number of carbonyl (C=O) groups is 3. The third-order valence-corrected chi connectivity index (χ3v) is 21.4. The molecule has 1 aliphatic rings. The van der Waals surface area contributed by atoms with Crippen LogP contribution in [0.3, 0.4) is 0 Å². The zero-order valence-corrected chi connectivity index (χ0v) is 71.1. The Balaban J connectivity index is -0.000000133. The molecule has 714 valence electrons.